The summed E-state index contributed by atoms with van der Waals surface area (Å²) in [4.78, 5) is 21.9. The van der Waals surface area contributed by atoms with E-state index in [2.05, 4.69) is 73.0 Å². The van der Waals surface area contributed by atoms with E-state index in [0.717, 1.165) is 0 Å². The van der Waals surface area contributed by atoms with Crippen LogP contribution in [0.25, 0.3) is 10.9 Å². The van der Waals surface area contributed by atoms with Crippen LogP contribution in [-0.4, -0.2) is 38.1 Å². The maximum absolute atomic E-state index is 13.6. The number of benzene rings is 2. The lowest BCUT2D eigenvalue weighted by atomic mass is 10.1. The number of hydrogen-bond donors (Lipinski definition) is 3. The normalized spacial score (nSPS) is 12.1. The SMILES string of the molecule is CCCS(=O)(=O)Nc1ccc(Cl)c(NC(=O)c2cccc3c(N)ncnc23)c1C#C[Si](C(C)C)(C(C)C)C(C)C. The van der Waals surface area contributed by atoms with Gasteiger partial charge in [-0.25, -0.2) is 18.4 Å². The van der Waals surface area contributed by atoms with Crippen molar-refractivity contribution < 1.29 is 13.2 Å². The van der Waals surface area contributed by atoms with Crippen LogP contribution in [0.4, 0.5) is 17.2 Å². The van der Waals surface area contributed by atoms with Crippen LogP contribution in [0.1, 0.15) is 70.8 Å². The van der Waals surface area contributed by atoms with E-state index < -0.39 is 24.0 Å². The molecule has 0 aliphatic rings. The highest BCUT2D eigenvalue weighted by atomic mass is 35.5. The summed E-state index contributed by atoms with van der Waals surface area (Å²) in [6.45, 7) is 15.0. The van der Waals surface area contributed by atoms with Crippen LogP contribution in [0, 0.1) is 11.5 Å². The number of aromatic nitrogens is 2. The minimum absolute atomic E-state index is 0.0516. The summed E-state index contributed by atoms with van der Waals surface area (Å²) in [6, 6.07) is 8.20. The van der Waals surface area contributed by atoms with Gasteiger partial charge in [-0.1, -0.05) is 72.1 Å². The fourth-order valence-corrected chi connectivity index (χ4v) is 12.0. The van der Waals surface area contributed by atoms with Crippen molar-refractivity contribution in [1.82, 2.24) is 9.97 Å². The number of halogens is 1. The molecule has 0 saturated heterocycles. The number of rotatable bonds is 9. The molecule has 4 N–H and O–H groups in total. The maximum atomic E-state index is 13.6. The average molecular weight is 600 g/mol. The van der Waals surface area contributed by atoms with Crippen LogP contribution in [0.15, 0.2) is 36.7 Å². The summed E-state index contributed by atoms with van der Waals surface area (Å²) in [5, 5.41) is 3.67. The molecule has 0 fully saturated rings. The predicted molar refractivity (Wildman–Crippen MR) is 169 cm³/mol. The van der Waals surface area contributed by atoms with Gasteiger partial charge in [0.1, 0.15) is 20.2 Å². The zero-order valence-electron chi connectivity index (χ0n) is 24.1. The number of hydrogen-bond acceptors (Lipinski definition) is 6. The van der Waals surface area contributed by atoms with E-state index in [4.69, 9.17) is 17.3 Å². The lowest BCUT2D eigenvalue weighted by Gasteiger charge is -2.38. The van der Waals surface area contributed by atoms with Gasteiger partial charge in [0.2, 0.25) is 10.0 Å². The molecule has 0 saturated carbocycles. The first-order chi connectivity index (χ1) is 18.7. The van der Waals surface area contributed by atoms with Crippen molar-refractivity contribution >= 4 is 63.7 Å². The lowest BCUT2D eigenvalue weighted by Crippen LogP contribution is -2.43. The fourth-order valence-electron chi connectivity index (χ4n) is 5.48. The first kappa shape index (κ1) is 31.4. The molecule has 2 aromatic carbocycles. The van der Waals surface area contributed by atoms with Crippen LogP contribution in [0.2, 0.25) is 21.6 Å². The zero-order valence-corrected chi connectivity index (χ0v) is 26.7. The van der Waals surface area contributed by atoms with Crippen molar-refractivity contribution in [3.63, 3.8) is 0 Å². The number of carbonyl (C=O) groups is 1. The molecule has 1 aromatic heterocycles. The summed E-state index contributed by atoms with van der Waals surface area (Å²) >= 11 is 6.65. The molecule has 214 valence electrons. The number of nitrogens with one attached hydrogen (secondary N) is 2. The molecule has 3 aromatic rings. The Morgan fingerprint density at radius 1 is 1.05 bits per heavy atom. The molecular weight excluding hydrogens is 562 g/mol. The van der Waals surface area contributed by atoms with Gasteiger partial charge in [-0.15, -0.1) is 5.54 Å². The largest absolute Gasteiger partial charge is 0.383 e. The molecule has 0 aliphatic heterocycles. The van der Waals surface area contributed by atoms with E-state index >= 15 is 0 Å². The molecule has 11 heteroatoms. The number of nitrogen functional groups attached to an aromatic ring is 1. The summed E-state index contributed by atoms with van der Waals surface area (Å²) in [5.41, 5.74) is 12.2. The summed E-state index contributed by atoms with van der Waals surface area (Å²) < 4.78 is 28.3. The van der Waals surface area contributed by atoms with Crippen LogP contribution >= 0.6 is 11.6 Å². The second-order valence-corrected chi connectivity index (χ2v) is 18.7. The Balaban J connectivity index is 2.25. The molecule has 1 heterocycles. The third-order valence-corrected chi connectivity index (χ3v) is 15.4. The average Bonchev–Trinajstić information content (AvgIpc) is 2.86. The van der Waals surface area contributed by atoms with Crippen molar-refractivity contribution in [2.24, 2.45) is 0 Å². The van der Waals surface area contributed by atoms with Gasteiger partial charge >= 0.3 is 0 Å². The van der Waals surface area contributed by atoms with Crippen molar-refractivity contribution in [1.29, 1.82) is 0 Å². The van der Waals surface area contributed by atoms with E-state index in [9.17, 15) is 13.2 Å². The number of para-hydroxylation sites is 1. The molecule has 1 amide bonds. The van der Waals surface area contributed by atoms with Gasteiger partial charge in [-0.2, -0.15) is 0 Å². The van der Waals surface area contributed by atoms with Crippen molar-refractivity contribution in [3.05, 3.63) is 52.8 Å². The highest BCUT2D eigenvalue weighted by Crippen LogP contribution is 2.41. The molecule has 3 rings (SSSR count). The first-order valence-corrected chi connectivity index (χ1v) is 17.7. The third kappa shape index (κ3) is 6.43. The second kappa shape index (κ2) is 12.6. The monoisotopic (exact) mass is 599 g/mol. The summed E-state index contributed by atoms with van der Waals surface area (Å²) in [7, 11) is -5.87. The minimum Gasteiger partial charge on any atom is -0.383 e. The number of nitrogens with zero attached hydrogens (tertiary/aromatic N) is 2. The lowest BCUT2D eigenvalue weighted by molar-refractivity contribution is 0.102. The Kier molecular flexibility index (Phi) is 9.88. The quantitative estimate of drug-likeness (QED) is 0.182. The number of amides is 1. The third-order valence-electron chi connectivity index (χ3n) is 7.34. The molecule has 0 aliphatic carbocycles. The molecule has 0 unspecified atom stereocenters. The molecule has 0 radical (unpaired) electrons. The Bertz CT molecular complexity index is 1560. The molecule has 0 atom stereocenters. The van der Waals surface area contributed by atoms with Gasteiger partial charge < -0.3 is 11.1 Å². The van der Waals surface area contributed by atoms with Crippen LogP contribution in [-0.2, 0) is 10.0 Å². The molecule has 40 heavy (non-hydrogen) atoms. The standard InChI is InChI=1S/C29H38ClN5O3SSi/c1-8-15-39(37,38)35-25-13-12-24(30)27(21(25)14-16-40(18(2)3,19(4)5)20(6)7)34-29(36)23-11-9-10-22-26(23)32-17-33-28(22)31/h9-13,17-20,35H,8,15H2,1-7H3,(H,34,36)(H2,31,32,33). The number of fused-ring (bicyclic) bond motifs is 1. The summed E-state index contributed by atoms with van der Waals surface area (Å²) in [5.74, 6) is 3.04. The molecule has 0 bridgehead atoms. The Morgan fingerprint density at radius 2 is 1.70 bits per heavy atom. The van der Waals surface area contributed by atoms with E-state index in [1.807, 2.05) is 0 Å². The van der Waals surface area contributed by atoms with Gasteiger partial charge in [0.25, 0.3) is 5.91 Å². The topological polar surface area (TPSA) is 127 Å². The second-order valence-electron chi connectivity index (χ2n) is 10.8. The highest BCUT2D eigenvalue weighted by Gasteiger charge is 2.41. The molecule has 8 nitrogen and oxygen atoms in total. The molecular formula is C29H38ClN5O3SSi. The highest BCUT2D eigenvalue weighted by molar-refractivity contribution is 7.92. The number of nitrogens with two attached hydrogens (primary N) is 1. The smallest absolute Gasteiger partial charge is 0.257 e. The van der Waals surface area contributed by atoms with E-state index in [1.54, 1.807) is 37.3 Å². The van der Waals surface area contributed by atoms with E-state index in [1.165, 1.54) is 6.33 Å². The number of anilines is 3. The van der Waals surface area contributed by atoms with Gasteiger partial charge in [0.05, 0.1) is 38.8 Å². The maximum Gasteiger partial charge on any atom is 0.257 e. The van der Waals surface area contributed by atoms with Gasteiger partial charge in [0.15, 0.2) is 0 Å². The van der Waals surface area contributed by atoms with Crippen LogP contribution in [0.5, 0.6) is 0 Å². The van der Waals surface area contributed by atoms with Crippen LogP contribution in [0.3, 0.4) is 0 Å². The Hall–Kier alpha value is -3.13. The van der Waals surface area contributed by atoms with E-state index in [0.29, 0.717) is 39.5 Å². The first-order valence-electron chi connectivity index (χ1n) is 13.4. The van der Waals surface area contributed by atoms with Crippen molar-refractivity contribution in [3.8, 4) is 11.5 Å². The number of sulfonamides is 1. The summed E-state index contributed by atoms with van der Waals surface area (Å²) in [6.07, 6.45) is 1.75. The minimum atomic E-state index is -3.65. The molecule has 0 spiro atoms. The van der Waals surface area contributed by atoms with Crippen molar-refractivity contribution in [2.75, 3.05) is 21.5 Å². The van der Waals surface area contributed by atoms with E-state index in [-0.39, 0.29) is 33.5 Å². The van der Waals surface area contributed by atoms with Gasteiger partial charge in [-0.3, -0.25) is 9.52 Å². The fraction of sp³-hybridized carbons (Fsp3) is 0.414. The predicted octanol–water partition coefficient (Wildman–Crippen LogP) is 6.84. The Morgan fingerprint density at radius 3 is 2.30 bits per heavy atom. The Labute approximate surface area is 243 Å². The van der Waals surface area contributed by atoms with Gasteiger partial charge in [0, 0.05) is 5.39 Å². The van der Waals surface area contributed by atoms with Gasteiger partial charge in [-0.05, 0) is 47.3 Å². The number of carbonyl (C=O) groups excluding carboxylic acids is 1. The zero-order chi connectivity index (χ0) is 29.8. The van der Waals surface area contributed by atoms with Crippen LogP contribution < -0.4 is 15.8 Å². The van der Waals surface area contributed by atoms with Crippen molar-refractivity contribution in [2.45, 2.75) is 71.5 Å².